The predicted octanol–water partition coefficient (Wildman–Crippen LogP) is 1.60. The van der Waals surface area contributed by atoms with Gasteiger partial charge in [-0.15, -0.1) is 0 Å². The van der Waals surface area contributed by atoms with Gasteiger partial charge in [-0.2, -0.15) is 17.5 Å². The molecule has 0 amide bonds. The van der Waals surface area contributed by atoms with E-state index in [1.165, 1.54) is 0 Å². The molecule has 1 aromatic carbocycles. The van der Waals surface area contributed by atoms with E-state index >= 15 is 0 Å². The zero-order valence-corrected chi connectivity index (χ0v) is 10.9. The van der Waals surface area contributed by atoms with Gasteiger partial charge < -0.3 is 5.11 Å². The maximum absolute atomic E-state index is 13.1. The van der Waals surface area contributed by atoms with Crippen LogP contribution >= 0.6 is 0 Å². The molecule has 9 heteroatoms. The van der Waals surface area contributed by atoms with Crippen LogP contribution in [0.15, 0.2) is 23.1 Å². The number of nitrogens with zero attached hydrogens (tertiary/aromatic N) is 1. The Labute approximate surface area is 112 Å². The lowest BCUT2D eigenvalue weighted by molar-refractivity contribution is -0.140. The molecular weight excluding hydrogens is 302 g/mol. The quantitative estimate of drug-likeness (QED) is 0.844. The monoisotopic (exact) mass is 313 g/mol. The van der Waals surface area contributed by atoms with Crippen molar-refractivity contribution < 1.29 is 31.1 Å². The second kappa shape index (κ2) is 4.97. The van der Waals surface area contributed by atoms with Gasteiger partial charge in [0, 0.05) is 13.1 Å². The van der Waals surface area contributed by atoms with Gasteiger partial charge in [-0.3, -0.25) is 0 Å². The van der Waals surface area contributed by atoms with Gasteiger partial charge in [-0.1, -0.05) is 0 Å². The number of aliphatic hydroxyl groups is 1. The summed E-state index contributed by atoms with van der Waals surface area (Å²) in [5, 5.41) is 9.29. The van der Waals surface area contributed by atoms with E-state index in [-0.39, 0.29) is 25.6 Å². The Morgan fingerprint density at radius 1 is 1.30 bits per heavy atom. The van der Waals surface area contributed by atoms with E-state index in [1.54, 1.807) is 0 Å². The first-order valence-corrected chi connectivity index (χ1v) is 7.11. The molecule has 0 aromatic heterocycles. The highest BCUT2D eigenvalue weighted by atomic mass is 32.2. The van der Waals surface area contributed by atoms with Gasteiger partial charge in [0.15, 0.2) is 0 Å². The highest BCUT2D eigenvalue weighted by molar-refractivity contribution is 7.89. The highest BCUT2D eigenvalue weighted by Gasteiger charge is 2.37. The highest BCUT2D eigenvalue weighted by Crippen LogP contribution is 2.33. The molecule has 0 radical (unpaired) electrons. The molecule has 1 fully saturated rings. The predicted molar refractivity (Wildman–Crippen MR) is 60.8 cm³/mol. The van der Waals surface area contributed by atoms with E-state index in [4.69, 9.17) is 0 Å². The number of benzene rings is 1. The van der Waals surface area contributed by atoms with Crippen molar-refractivity contribution in [3.63, 3.8) is 0 Å². The zero-order chi connectivity index (χ0) is 15.1. The van der Waals surface area contributed by atoms with Crippen molar-refractivity contribution in [1.29, 1.82) is 0 Å². The van der Waals surface area contributed by atoms with Crippen LogP contribution in [0.5, 0.6) is 0 Å². The average Bonchev–Trinajstić information content (AvgIpc) is 2.75. The van der Waals surface area contributed by atoms with Gasteiger partial charge >= 0.3 is 6.18 Å². The van der Waals surface area contributed by atoms with E-state index in [0.717, 1.165) is 10.4 Å². The van der Waals surface area contributed by atoms with Crippen LogP contribution in [-0.4, -0.2) is 37.0 Å². The van der Waals surface area contributed by atoms with Crippen molar-refractivity contribution >= 4 is 10.0 Å². The molecule has 1 atom stereocenters. The Morgan fingerprint density at radius 2 is 1.95 bits per heavy atom. The van der Waals surface area contributed by atoms with E-state index in [1.807, 2.05) is 0 Å². The van der Waals surface area contributed by atoms with Crippen molar-refractivity contribution in [1.82, 2.24) is 4.31 Å². The molecule has 1 aliphatic rings. The standard InChI is InChI=1S/C11H11F4NO3S/c12-10-2-1-8(5-9(10)11(13,14)15)20(18,19)16-4-3-7(17)6-16/h1-2,5,7,17H,3-4,6H2. The summed E-state index contributed by atoms with van der Waals surface area (Å²) < 4.78 is 75.9. The molecule has 2 rings (SSSR count). The lowest BCUT2D eigenvalue weighted by atomic mass is 10.2. The fourth-order valence-corrected chi connectivity index (χ4v) is 3.48. The summed E-state index contributed by atoms with van der Waals surface area (Å²) in [7, 11) is -4.16. The minimum atomic E-state index is -4.97. The second-order valence-electron chi connectivity index (χ2n) is 4.44. The molecule has 1 aliphatic heterocycles. The van der Waals surface area contributed by atoms with Gasteiger partial charge in [0.2, 0.25) is 10.0 Å². The average molecular weight is 313 g/mol. The van der Waals surface area contributed by atoms with Gasteiger partial charge in [0.1, 0.15) is 5.82 Å². The molecule has 0 aliphatic carbocycles. The van der Waals surface area contributed by atoms with E-state index in [9.17, 15) is 31.1 Å². The Morgan fingerprint density at radius 3 is 2.45 bits per heavy atom. The fourth-order valence-electron chi connectivity index (χ4n) is 1.96. The maximum atomic E-state index is 13.1. The first-order chi connectivity index (χ1) is 9.12. The Balaban J connectivity index is 2.43. The topological polar surface area (TPSA) is 57.6 Å². The van der Waals surface area contributed by atoms with Gasteiger partial charge in [-0.25, -0.2) is 12.8 Å². The summed E-state index contributed by atoms with van der Waals surface area (Å²) in [5.74, 6) is -1.53. The number of rotatable bonds is 2. The minimum absolute atomic E-state index is 0.0161. The zero-order valence-electron chi connectivity index (χ0n) is 10.1. The third kappa shape index (κ3) is 2.79. The third-order valence-corrected chi connectivity index (χ3v) is 4.87. The van der Waals surface area contributed by atoms with Crippen molar-refractivity contribution in [2.75, 3.05) is 13.1 Å². The molecule has 0 bridgehead atoms. The fraction of sp³-hybridized carbons (Fsp3) is 0.455. The molecule has 1 N–H and O–H groups in total. The molecule has 20 heavy (non-hydrogen) atoms. The molecule has 1 aromatic rings. The van der Waals surface area contributed by atoms with Gasteiger partial charge in [0.05, 0.1) is 16.6 Å². The van der Waals surface area contributed by atoms with Crippen LogP contribution in [0.4, 0.5) is 17.6 Å². The van der Waals surface area contributed by atoms with E-state index in [0.29, 0.717) is 6.07 Å². The minimum Gasteiger partial charge on any atom is -0.392 e. The molecular formula is C11H11F4NO3S. The van der Waals surface area contributed by atoms with Gasteiger partial charge in [0.25, 0.3) is 0 Å². The van der Waals surface area contributed by atoms with Crippen LogP contribution in [0.25, 0.3) is 0 Å². The largest absolute Gasteiger partial charge is 0.419 e. The summed E-state index contributed by atoms with van der Waals surface area (Å²) in [6.45, 7) is -0.163. The number of hydrogen-bond acceptors (Lipinski definition) is 3. The van der Waals surface area contributed by atoms with Crippen molar-refractivity contribution in [2.24, 2.45) is 0 Å². The van der Waals surface area contributed by atoms with E-state index < -0.39 is 38.6 Å². The molecule has 1 heterocycles. The van der Waals surface area contributed by atoms with Crippen LogP contribution in [0.2, 0.25) is 0 Å². The van der Waals surface area contributed by atoms with Crippen molar-refractivity contribution in [2.45, 2.75) is 23.6 Å². The van der Waals surface area contributed by atoms with Crippen molar-refractivity contribution in [3.05, 3.63) is 29.6 Å². The first kappa shape index (κ1) is 15.2. The molecule has 0 spiro atoms. The second-order valence-corrected chi connectivity index (χ2v) is 6.38. The number of halogens is 4. The number of sulfonamides is 1. The molecule has 1 saturated heterocycles. The van der Waals surface area contributed by atoms with Crippen LogP contribution < -0.4 is 0 Å². The Hall–Kier alpha value is -1.19. The maximum Gasteiger partial charge on any atom is 0.419 e. The summed E-state index contributed by atoms with van der Waals surface area (Å²) in [6, 6.07) is 1.53. The van der Waals surface area contributed by atoms with Crippen LogP contribution in [0.1, 0.15) is 12.0 Å². The molecule has 1 unspecified atom stereocenters. The molecule has 112 valence electrons. The summed E-state index contributed by atoms with van der Waals surface area (Å²) in [5.41, 5.74) is -1.63. The SMILES string of the molecule is O=S(=O)(c1ccc(F)c(C(F)(F)F)c1)N1CCC(O)C1. The summed E-state index contributed by atoms with van der Waals surface area (Å²) in [4.78, 5) is -0.639. The summed E-state index contributed by atoms with van der Waals surface area (Å²) >= 11 is 0. The smallest absolute Gasteiger partial charge is 0.392 e. The normalized spacial score (nSPS) is 21.4. The Bertz CT molecular complexity index is 615. The first-order valence-electron chi connectivity index (χ1n) is 5.67. The summed E-state index contributed by atoms with van der Waals surface area (Å²) in [6.07, 6.45) is -5.60. The number of aliphatic hydroxyl groups excluding tert-OH is 1. The van der Waals surface area contributed by atoms with Crippen LogP contribution in [-0.2, 0) is 16.2 Å². The Kier molecular flexibility index (Phi) is 3.78. The number of hydrogen-bond donors (Lipinski definition) is 1. The lowest BCUT2D eigenvalue weighted by Crippen LogP contribution is -2.30. The van der Waals surface area contributed by atoms with Crippen LogP contribution in [0.3, 0.4) is 0 Å². The number of β-amino-alcohol motifs (C(OH)–C–C–N with tert-alkyl or cyclic N) is 1. The van der Waals surface area contributed by atoms with Crippen molar-refractivity contribution in [3.8, 4) is 0 Å². The molecule has 0 saturated carbocycles. The molecule has 4 nitrogen and oxygen atoms in total. The van der Waals surface area contributed by atoms with Crippen LogP contribution in [0, 0.1) is 5.82 Å². The number of alkyl halides is 3. The third-order valence-electron chi connectivity index (χ3n) is 3.01. The van der Waals surface area contributed by atoms with E-state index in [2.05, 4.69) is 0 Å². The lowest BCUT2D eigenvalue weighted by Gasteiger charge is -2.17. The van der Waals surface area contributed by atoms with Gasteiger partial charge in [-0.05, 0) is 24.6 Å².